The summed E-state index contributed by atoms with van der Waals surface area (Å²) in [5.41, 5.74) is 1.67. The van der Waals surface area contributed by atoms with Crippen molar-refractivity contribution >= 4 is 11.7 Å². The zero-order chi connectivity index (χ0) is 17.8. The van der Waals surface area contributed by atoms with Crippen molar-refractivity contribution in [2.24, 2.45) is 7.05 Å². The van der Waals surface area contributed by atoms with Gasteiger partial charge in [-0.05, 0) is 24.6 Å². The minimum Gasteiger partial charge on any atom is -0.326 e. The Morgan fingerprint density at radius 2 is 2.28 bits per heavy atom. The first-order chi connectivity index (χ1) is 12.0. The van der Waals surface area contributed by atoms with Gasteiger partial charge in [0.1, 0.15) is 6.17 Å². The molecule has 1 fully saturated rings. The number of carbonyl (C=O) groups excluding carboxylic acids is 1. The van der Waals surface area contributed by atoms with Crippen LogP contribution in [0.3, 0.4) is 0 Å². The summed E-state index contributed by atoms with van der Waals surface area (Å²) in [7, 11) is 3.60. The first-order valence-corrected chi connectivity index (χ1v) is 8.30. The van der Waals surface area contributed by atoms with Crippen molar-refractivity contribution in [3.8, 4) is 0 Å². The van der Waals surface area contributed by atoms with Gasteiger partial charge in [0.2, 0.25) is 0 Å². The molecule has 3 heterocycles. The molecular weight excluding hydrogens is 323 g/mol. The molecule has 2 aromatic heterocycles. The van der Waals surface area contributed by atoms with Crippen molar-refractivity contribution < 1.29 is 9.18 Å². The number of anilines is 1. The van der Waals surface area contributed by atoms with E-state index in [9.17, 15) is 9.18 Å². The number of alkyl halides is 1. The van der Waals surface area contributed by atoms with Gasteiger partial charge in [-0.25, -0.2) is 9.18 Å². The van der Waals surface area contributed by atoms with Crippen molar-refractivity contribution in [1.82, 2.24) is 24.6 Å². The van der Waals surface area contributed by atoms with E-state index in [1.165, 1.54) is 0 Å². The molecule has 1 N–H and O–H groups in total. The Hall–Kier alpha value is -2.48. The standard InChI is InChI=1S/C17H23FN6O/c1-22(17(25)21-14-4-3-6-19-9-14)11-16-8-13(18)10-24(16)12-15-5-7-20-23(15)2/h3-7,9,13,16H,8,10-12H2,1-2H3,(H,21,25)/t13-,16-/m0/s1. The monoisotopic (exact) mass is 346 g/mol. The number of hydrogen-bond donors (Lipinski definition) is 1. The fraction of sp³-hybridized carbons (Fsp3) is 0.471. The van der Waals surface area contributed by atoms with Crippen LogP contribution in [-0.2, 0) is 13.6 Å². The van der Waals surface area contributed by atoms with Gasteiger partial charge in [0.25, 0.3) is 0 Å². The number of nitrogens with one attached hydrogen (secondary N) is 1. The summed E-state index contributed by atoms with van der Waals surface area (Å²) in [5.74, 6) is 0. The molecule has 0 bridgehead atoms. The molecule has 25 heavy (non-hydrogen) atoms. The summed E-state index contributed by atoms with van der Waals surface area (Å²) < 4.78 is 15.8. The summed E-state index contributed by atoms with van der Waals surface area (Å²) in [6.45, 7) is 1.47. The van der Waals surface area contributed by atoms with Crippen LogP contribution in [0.4, 0.5) is 14.9 Å². The van der Waals surface area contributed by atoms with E-state index in [4.69, 9.17) is 0 Å². The van der Waals surface area contributed by atoms with Crippen LogP contribution < -0.4 is 5.32 Å². The lowest BCUT2D eigenvalue weighted by atomic mass is 10.2. The van der Waals surface area contributed by atoms with E-state index in [1.807, 2.05) is 13.1 Å². The van der Waals surface area contributed by atoms with Crippen LogP contribution >= 0.6 is 0 Å². The van der Waals surface area contributed by atoms with Crippen LogP contribution in [0.2, 0.25) is 0 Å². The molecule has 1 saturated heterocycles. The number of carbonyl (C=O) groups is 1. The molecule has 7 nitrogen and oxygen atoms in total. The second-order valence-corrected chi connectivity index (χ2v) is 6.41. The van der Waals surface area contributed by atoms with Gasteiger partial charge in [-0.1, -0.05) is 0 Å². The van der Waals surface area contributed by atoms with Crippen LogP contribution in [-0.4, -0.2) is 62.9 Å². The predicted octanol–water partition coefficient (Wildman–Crippen LogP) is 1.89. The molecule has 0 saturated carbocycles. The van der Waals surface area contributed by atoms with Gasteiger partial charge in [-0.15, -0.1) is 0 Å². The maximum atomic E-state index is 14.0. The fourth-order valence-electron chi connectivity index (χ4n) is 3.13. The first kappa shape index (κ1) is 17.3. The summed E-state index contributed by atoms with van der Waals surface area (Å²) in [6, 6.07) is 5.23. The highest BCUT2D eigenvalue weighted by Crippen LogP contribution is 2.23. The molecule has 0 unspecified atom stereocenters. The smallest absolute Gasteiger partial charge is 0.321 e. The number of nitrogens with zero attached hydrogens (tertiary/aromatic N) is 5. The molecule has 2 aromatic rings. The lowest BCUT2D eigenvalue weighted by Crippen LogP contribution is -2.42. The lowest BCUT2D eigenvalue weighted by molar-refractivity contribution is 0.180. The normalized spacial score (nSPS) is 20.6. The van der Waals surface area contributed by atoms with E-state index in [0.29, 0.717) is 31.7 Å². The second-order valence-electron chi connectivity index (χ2n) is 6.41. The number of aryl methyl sites for hydroxylation is 1. The van der Waals surface area contributed by atoms with Gasteiger partial charge in [0, 0.05) is 52.2 Å². The highest BCUT2D eigenvalue weighted by molar-refractivity contribution is 5.88. The molecular formula is C17H23FN6O. The molecule has 0 aromatic carbocycles. The Balaban J connectivity index is 1.59. The molecule has 8 heteroatoms. The summed E-state index contributed by atoms with van der Waals surface area (Å²) in [4.78, 5) is 20.0. The third-order valence-electron chi connectivity index (χ3n) is 4.51. The van der Waals surface area contributed by atoms with Gasteiger partial charge >= 0.3 is 6.03 Å². The van der Waals surface area contributed by atoms with Crippen molar-refractivity contribution in [2.45, 2.75) is 25.2 Å². The number of likely N-dealkylation sites (tertiary alicyclic amines) is 1. The molecule has 0 spiro atoms. The van der Waals surface area contributed by atoms with Crippen LogP contribution in [0.5, 0.6) is 0 Å². The Morgan fingerprint density at radius 1 is 1.44 bits per heavy atom. The summed E-state index contributed by atoms with van der Waals surface area (Å²) >= 11 is 0. The Labute approximate surface area is 146 Å². The largest absolute Gasteiger partial charge is 0.326 e. The van der Waals surface area contributed by atoms with Crippen LogP contribution in [0.25, 0.3) is 0 Å². The topological polar surface area (TPSA) is 66.3 Å². The Bertz CT molecular complexity index is 706. The van der Waals surface area contributed by atoms with Crippen molar-refractivity contribution in [1.29, 1.82) is 0 Å². The minimum atomic E-state index is -0.868. The highest BCUT2D eigenvalue weighted by atomic mass is 19.1. The number of pyridine rings is 1. The van der Waals surface area contributed by atoms with Crippen molar-refractivity contribution in [2.75, 3.05) is 25.5 Å². The summed E-state index contributed by atoms with van der Waals surface area (Å²) in [6.07, 6.45) is 4.54. The van der Waals surface area contributed by atoms with Gasteiger partial charge < -0.3 is 10.2 Å². The molecule has 2 atom stereocenters. The number of likely N-dealkylation sites (N-methyl/N-ethyl adjacent to an activating group) is 1. The second kappa shape index (κ2) is 7.60. The van der Waals surface area contributed by atoms with Crippen LogP contribution in [0.1, 0.15) is 12.1 Å². The van der Waals surface area contributed by atoms with Crippen molar-refractivity contribution in [3.05, 3.63) is 42.5 Å². The van der Waals surface area contributed by atoms with E-state index in [1.54, 1.807) is 47.4 Å². The zero-order valence-corrected chi connectivity index (χ0v) is 14.5. The van der Waals surface area contributed by atoms with Crippen LogP contribution in [0, 0.1) is 0 Å². The number of rotatable bonds is 5. The van der Waals surface area contributed by atoms with Gasteiger partial charge in [0.15, 0.2) is 0 Å². The van der Waals surface area contributed by atoms with Crippen molar-refractivity contribution in [3.63, 3.8) is 0 Å². The average Bonchev–Trinajstić information content (AvgIpc) is 3.14. The average molecular weight is 346 g/mol. The van der Waals surface area contributed by atoms with E-state index in [0.717, 1.165) is 5.69 Å². The Kier molecular flexibility index (Phi) is 5.28. The van der Waals surface area contributed by atoms with Gasteiger partial charge in [-0.2, -0.15) is 5.10 Å². The molecule has 0 aliphatic carbocycles. The van der Waals surface area contributed by atoms with E-state index in [2.05, 4.69) is 20.3 Å². The molecule has 134 valence electrons. The zero-order valence-electron chi connectivity index (χ0n) is 14.5. The van der Waals surface area contributed by atoms with Crippen LogP contribution in [0.15, 0.2) is 36.8 Å². The van der Waals surface area contributed by atoms with E-state index >= 15 is 0 Å². The molecule has 1 aliphatic rings. The maximum Gasteiger partial charge on any atom is 0.321 e. The molecule has 3 rings (SSSR count). The third-order valence-corrected chi connectivity index (χ3v) is 4.51. The molecule has 1 aliphatic heterocycles. The van der Waals surface area contributed by atoms with Gasteiger partial charge in [0.05, 0.1) is 17.6 Å². The third kappa shape index (κ3) is 4.33. The lowest BCUT2D eigenvalue weighted by Gasteiger charge is -2.28. The fourth-order valence-corrected chi connectivity index (χ4v) is 3.13. The molecule has 0 radical (unpaired) electrons. The number of halogens is 1. The van der Waals surface area contributed by atoms with E-state index in [-0.39, 0.29) is 12.1 Å². The summed E-state index contributed by atoms with van der Waals surface area (Å²) in [5, 5.41) is 6.95. The van der Waals surface area contributed by atoms with E-state index < -0.39 is 6.17 Å². The number of urea groups is 1. The first-order valence-electron chi connectivity index (χ1n) is 8.30. The number of aromatic nitrogens is 3. The Morgan fingerprint density at radius 3 is 2.96 bits per heavy atom. The SMILES string of the molecule is CN(C[C@@H]1C[C@H](F)CN1Cc1ccnn1C)C(=O)Nc1cccnc1. The number of hydrogen-bond acceptors (Lipinski definition) is 4. The number of amides is 2. The maximum absolute atomic E-state index is 14.0. The predicted molar refractivity (Wildman–Crippen MR) is 92.8 cm³/mol. The minimum absolute atomic E-state index is 0.0189. The highest BCUT2D eigenvalue weighted by Gasteiger charge is 2.33. The molecule has 2 amide bonds. The van der Waals surface area contributed by atoms with Gasteiger partial charge in [-0.3, -0.25) is 14.6 Å². The quantitative estimate of drug-likeness (QED) is 0.898.